The van der Waals surface area contributed by atoms with Crippen molar-refractivity contribution in [2.45, 2.75) is 0 Å². The van der Waals surface area contributed by atoms with Crippen LogP contribution in [0.15, 0.2) is 23.3 Å². The van der Waals surface area contributed by atoms with Gasteiger partial charge in [0.05, 0.1) is 12.1 Å². The number of azide groups is 1. The third kappa shape index (κ3) is 2.94. The lowest BCUT2D eigenvalue weighted by Crippen LogP contribution is -1.99. The number of anilines is 1. The van der Waals surface area contributed by atoms with Gasteiger partial charge in [0.25, 0.3) is 0 Å². The minimum Gasteiger partial charge on any atom is -0.478 e. The normalized spacial score (nSPS) is 8.50. The molecule has 0 heterocycles. The van der Waals surface area contributed by atoms with Gasteiger partial charge in [0.1, 0.15) is 0 Å². The van der Waals surface area contributed by atoms with Crippen LogP contribution in [0.25, 0.3) is 10.4 Å². The summed E-state index contributed by atoms with van der Waals surface area (Å²) in [6.07, 6.45) is 0. The number of benzene rings is 1. The number of carboxylic acid groups (broad SMARTS) is 1. The van der Waals surface area contributed by atoms with E-state index in [1.807, 2.05) is 0 Å². The van der Waals surface area contributed by atoms with Crippen LogP contribution < -0.4 is 5.73 Å². The summed E-state index contributed by atoms with van der Waals surface area (Å²) in [7, 11) is 0. The maximum Gasteiger partial charge on any atom is 0.335 e. The molecule has 0 radical (unpaired) electrons. The number of nitrogen functional groups attached to an aromatic ring is 1. The topological polar surface area (TPSA) is 112 Å². The molecule has 0 fully saturated rings. The van der Waals surface area contributed by atoms with Crippen molar-refractivity contribution >= 4 is 11.7 Å². The molecule has 80 valence electrons. The van der Waals surface area contributed by atoms with Gasteiger partial charge in [0, 0.05) is 16.2 Å². The summed E-state index contributed by atoms with van der Waals surface area (Å²) in [5.74, 6) is 4.16. The first kappa shape index (κ1) is 11.4. The number of aromatic carboxylic acids is 1. The molecule has 16 heavy (non-hydrogen) atoms. The third-order valence-corrected chi connectivity index (χ3v) is 1.74. The molecule has 1 rings (SSSR count). The van der Waals surface area contributed by atoms with E-state index in [1.54, 1.807) is 0 Å². The van der Waals surface area contributed by atoms with E-state index < -0.39 is 5.97 Å². The van der Waals surface area contributed by atoms with Gasteiger partial charge >= 0.3 is 5.97 Å². The minimum atomic E-state index is -1.04. The summed E-state index contributed by atoms with van der Waals surface area (Å²) in [5, 5.41) is 12.0. The number of carboxylic acids is 1. The van der Waals surface area contributed by atoms with E-state index in [0.717, 1.165) is 0 Å². The molecule has 0 saturated heterocycles. The Morgan fingerprint density at radius 2 is 2.38 bits per heavy atom. The number of nitrogens with two attached hydrogens (primary N) is 1. The molecule has 0 bridgehead atoms. The van der Waals surface area contributed by atoms with Crippen LogP contribution in [0.5, 0.6) is 0 Å². The second-order valence-corrected chi connectivity index (χ2v) is 2.80. The van der Waals surface area contributed by atoms with Crippen LogP contribution in [0.1, 0.15) is 15.9 Å². The van der Waals surface area contributed by atoms with Crippen LogP contribution in [0.3, 0.4) is 0 Å². The Bertz CT molecular complexity index is 521. The molecular formula is C10H8N4O2. The van der Waals surface area contributed by atoms with Crippen molar-refractivity contribution in [1.29, 1.82) is 0 Å². The van der Waals surface area contributed by atoms with Crippen molar-refractivity contribution in [3.63, 3.8) is 0 Å². The number of carbonyl (C=O) groups is 1. The maximum atomic E-state index is 10.7. The van der Waals surface area contributed by atoms with Gasteiger partial charge in [-0.05, 0) is 23.7 Å². The van der Waals surface area contributed by atoms with Crippen LogP contribution in [0, 0.1) is 11.8 Å². The Labute approximate surface area is 91.3 Å². The van der Waals surface area contributed by atoms with Crippen LogP contribution in [-0.2, 0) is 0 Å². The van der Waals surface area contributed by atoms with E-state index in [4.69, 9.17) is 16.4 Å². The Morgan fingerprint density at radius 3 is 3.00 bits per heavy atom. The molecule has 3 N–H and O–H groups in total. The molecule has 0 unspecified atom stereocenters. The van der Waals surface area contributed by atoms with Crippen molar-refractivity contribution in [2.24, 2.45) is 5.11 Å². The quantitative estimate of drug-likeness (QED) is 0.257. The second kappa shape index (κ2) is 5.29. The van der Waals surface area contributed by atoms with Crippen molar-refractivity contribution in [2.75, 3.05) is 12.3 Å². The SMILES string of the molecule is [N-]=[N+]=NCC#Cc1cc(C(=O)O)ccc1N. The Hall–Kier alpha value is -2.64. The molecule has 0 saturated carbocycles. The average molecular weight is 216 g/mol. The summed E-state index contributed by atoms with van der Waals surface area (Å²) in [5.41, 5.74) is 14.5. The van der Waals surface area contributed by atoms with E-state index in [9.17, 15) is 4.79 Å². The predicted octanol–water partition coefficient (Wildman–Crippen LogP) is 1.63. The molecule has 0 spiro atoms. The van der Waals surface area contributed by atoms with Gasteiger partial charge in [0.2, 0.25) is 0 Å². The van der Waals surface area contributed by atoms with Crippen molar-refractivity contribution in [3.05, 3.63) is 39.8 Å². The molecule has 1 aromatic carbocycles. The van der Waals surface area contributed by atoms with E-state index in [2.05, 4.69) is 21.9 Å². The molecule has 0 atom stereocenters. The zero-order valence-corrected chi connectivity index (χ0v) is 8.21. The van der Waals surface area contributed by atoms with Crippen LogP contribution in [0.4, 0.5) is 5.69 Å². The molecule has 0 amide bonds. The zero-order chi connectivity index (χ0) is 12.0. The molecular weight excluding hydrogens is 208 g/mol. The number of hydrogen-bond donors (Lipinski definition) is 2. The lowest BCUT2D eigenvalue weighted by molar-refractivity contribution is 0.0697. The Kier molecular flexibility index (Phi) is 3.78. The fourth-order valence-electron chi connectivity index (χ4n) is 0.999. The summed E-state index contributed by atoms with van der Waals surface area (Å²) in [6, 6.07) is 4.25. The van der Waals surface area contributed by atoms with Gasteiger partial charge < -0.3 is 10.8 Å². The van der Waals surface area contributed by atoms with E-state index in [1.165, 1.54) is 18.2 Å². The van der Waals surface area contributed by atoms with Crippen molar-refractivity contribution in [3.8, 4) is 11.8 Å². The van der Waals surface area contributed by atoms with E-state index in [-0.39, 0.29) is 12.1 Å². The first-order valence-corrected chi connectivity index (χ1v) is 4.27. The fourth-order valence-corrected chi connectivity index (χ4v) is 0.999. The second-order valence-electron chi connectivity index (χ2n) is 2.80. The Balaban J connectivity index is 3.01. The van der Waals surface area contributed by atoms with Crippen LogP contribution >= 0.6 is 0 Å². The molecule has 0 aliphatic carbocycles. The Morgan fingerprint density at radius 1 is 1.62 bits per heavy atom. The monoisotopic (exact) mass is 216 g/mol. The van der Waals surface area contributed by atoms with Gasteiger partial charge in [-0.15, -0.1) is 0 Å². The lowest BCUT2D eigenvalue weighted by Gasteiger charge is -1.99. The first-order valence-electron chi connectivity index (χ1n) is 4.27. The minimum absolute atomic E-state index is 0.0211. The highest BCUT2D eigenvalue weighted by Gasteiger charge is 2.04. The molecule has 1 aromatic rings. The molecule has 0 aromatic heterocycles. The average Bonchev–Trinajstić information content (AvgIpc) is 2.26. The number of nitrogens with zero attached hydrogens (tertiary/aromatic N) is 3. The van der Waals surface area contributed by atoms with E-state index >= 15 is 0 Å². The highest BCUT2D eigenvalue weighted by atomic mass is 16.4. The summed E-state index contributed by atoms with van der Waals surface area (Å²) in [6.45, 7) is 0.0211. The van der Waals surface area contributed by atoms with Gasteiger partial charge in [-0.3, -0.25) is 0 Å². The van der Waals surface area contributed by atoms with Gasteiger partial charge in [-0.2, -0.15) is 0 Å². The molecule has 0 aliphatic heterocycles. The van der Waals surface area contributed by atoms with E-state index in [0.29, 0.717) is 11.3 Å². The number of rotatable bonds is 2. The first-order chi connectivity index (χ1) is 7.65. The fraction of sp³-hybridized carbons (Fsp3) is 0.100. The maximum absolute atomic E-state index is 10.7. The van der Waals surface area contributed by atoms with Gasteiger partial charge in [0.15, 0.2) is 0 Å². The van der Waals surface area contributed by atoms with Crippen molar-refractivity contribution in [1.82, 2.24) is 0 Å². The lowest BCUT2D eigenvalue weighted by atomic mass is 10.1. The summed E-state index contributed by atoms with van der Waals surface area (Å²) in [4.78, 5) is 13.2. The number of hydrogen-bond acceptors (Lipinski definition) is 3. The third-order valence-electron chi connectivity index (χ3n) is 1.74. The van der Waals surface area contributed by atoms with Gasteiger partial charge in [-0.1, -0.05) is 17.0 Å². The largest absolute Gasteiger partial charge is 0.478 e. The summed E-state index contributed by atoms with van der Waals surface area (Å²) >= 11 is 0. The highest BCUT2D eigenvalue weighted by Crippen LogP contribution is 2.12. The molecule has 6 nitrogen and oxygen atoms in total. The zero-order valence-electron chi connectivity index (χ0n) is 8.21. The standard InChI is InChI=1S/C10H8N4O2/c11-9-4-3-8(10(15)16)6-7(9)2-1-5-13-14-12/h3-4,6H,5,11H2,(H,15,16). The van der Waals surface area contributed by atoms with Crippen LogP contribution in [0.2, 0.25) is 0 Å². The van der Waals surface area contributed by atoms with Crippen molar-refractivity contribution < 1.29 is 9.90 Å². The van der Waals surface area contributed by atoms with Gasteiger partial charge in [-0.25, -0.2) is 4.79 Å². The molecule has 6 heteroatoms. The highest BCUT2D eigenvalue weighted by molar-refractivity contribution is 5.88. The van der Waals surface area contributed by atoms with Crippen LogP contribution in [-0.4, -0.2) is 17.6 Å². The summed E-state index contributed by atoms with van der Waals surface area (Å²) < 4.78 is 0. The molecule has 0 aliphatic rings. The smallest absolute Gasteiger partial charge is 0.335 e. The predicted molar refractivity (Wildman–Crippen MR) is 58.7 cm³/mol.